The van der Waals surface area contributed by atoms with Gasteiger partial charge in [0, 0.05) is 0 Å². The summed E-state index contributed by atoms with van der Waals surface area (Å²) in [6.45, 7) is 1.56. The van der Waals surface area contributed by atoms with Crippen molar-refractivity contribution in [2.45, 2.75) is 12.5 Å². The molecule has 0 unspecified atom stereocenters. The third kappa shape index (κ3) is 2.84. The third-order valence-electron chi connectivity index (χ3n) is 2.08. The molecule has 0 aromatic heterocycles. The zero-order valence-electron chi connectivity index (χ0n) is 8.56. The summed E-state index contributed by atoms with van der Waals surface area (Å²) in [6, 6.07) is 6.13. The Hall–Kier alpha value is -1.26. The smallest absolute Gasteiger partial charge is 0.330 e. The molecule has 1 aromatic rings. The molecule has 0 heterocycles. The Kier molecular flexibility index (Phi) is 4.58. The average molecular weight is 232 g/mol. The van der Waals surface area contributed by atoms with E-state index in [0.29, 0.717) is 5.56 Å². The van der Waals surface area contributed by atoms with Crippen molar-refractivity contribution in [1.82, 2.24) is 0 Å². The topological polar surface area (TPSA) is 72.5 Å². The lowest BCUT2D eigenvalue weighted by Gasteiger charge is -2.21. The molecule has 15 heavy (non-hydrogen) atoms. The van der Waals surface area contributed by atoms with Gasteiger partial charge in [0.05, 0.1) is 7.11 Å². The number of hydrogen-bond donors (Lipinski definition) is 2. The number of rotatable bonds is 2. The van der Waals surface area contributed by atoms with Gasteiger partial charge in [0.2, 0.25) is 0 Å². The molecule has 0 bridgehead atoms. The Morgan fingerprint density at radius 3 is 2.27 bits per heavy atom. The van der Waals surface area contributed by atoms with Crippen LogP contribution in [0.1, 0.15) is 12.5 Å². The first-order valence-corrected chi connectivity index (χ1v) is 4.15. The average Bonchev–Trinajstić information content (AvgIpc) is 2.17. The van der Waals surface area contributed by atoms with E-state index in [1.54, 1.807) is 19.1 Å². The molecule has 1 aromatic carbocycles. The molecule has 0 spiro atoms. The number of aromatic hydroxyl groups is 1. The summed E-state index contributed by atoms with van der Waals surface area (Å²) < 4.78 is 4.57. The van der Waals surface area contributed by atoms with Crippen LogP contribution in [-0.2, 0) is 15.1 Å². The highest BCUT2D eigenvalue weighted by Crippen LogP contribution is 2.21. The maximum atomic E-state index is 11.3. The van der Waals surface area contributed by atoms with Crippen LogP contribution in [-0.4, -0.2) is 18.2 Å². The molecule has 0 radical (unpaired) electrons. The minimum atomic E-state index is -1.18. The van der Waals surface area contributed by atoms with Gasteiger partial charge in [-0.25, -0.2) is 4.79 Å². The number of benzene rings is 1. The number of nitrogens with two attached hydrogens (primary N) is 1. The summed E-state index contributed by atoms with van der Waals surface area (Å²) in [6.07, 6.45) is 0. The monoisotopic (exact) mass is 231 g/mol. The number of phenols is 1. The van der Waals surface area contributed by atoms with Gasteiger partial charge in [-0.15, -0.1) is 12.4 Å². The Morgan fingerprint density at radius 1 is 1.40 bits per heavy atom. The number of halogens is 1. The van der Waals surface area contributed by atoms with Crippen LogP contribution in [0.4, 0.5) is 0 Å². The van der Waals surface area contributed by atoms with Crippen molar-refractivity contribution in [3.63, 3.8) is 0 Å². The van der Waals surface area contributed by atoms with E-state index in [2.05, 4.69) is 4.74 Å². The lowest BCUT2D eigenvalue weighted by atomic mass is 9.93. The lowest BCUT2D eigenvalue weighted by molar-refractivity contribution is -0.146. The van der Waals surface area contributed by atoms with E-state index in [1.807, 2.05) is 0 Å². The van der Waals surface area contributed by atoms with Crippen LogP contribution in [0.15, 0.2) is 24.3 Å². The van der Waals surface area contributed by atoms with Gasteiger partial charge < -0.3 is 15.6 Å². The maximum absolute atomic E-state index is 11.3. The molecule has 0 saturated carbocycles. The van der Waals surface area contributed by atoms with Gasteiger partial charge in [0.1, 0.15) is 11.3 Å². The van der Waals surface area contributed by atoms with Crippen LogP contribution >= 0.6 is 12.4 Å². The second-order valence-corrected chi connectivity index (χ2v) is 3.24. The molecule has 1 rings (SSSR count). The maximum Gasteiger partial charge on any atom is 0.330 e. The number of ether oxygens (including phenoxy) is 1. The number of carbonyl (C=O) groups excluding carboxylic acids is 1. The van der Waals surface area contributed by atoms with Gasteiger partial charge in [-0.2, -0.15) is 0 Å². The quantitative estimate of drug-likeness (QED) is 0.750. The molecule has 0 aliphatic heterocycles. The molecular weight excluding hydrogens is 218 g/mol. The molecule has 5 heteroatoms. The van der Waals surface area contributed by atoms with Gasteiger partial charge in [-0.05, 0) is 24.6 Å². The molecule has 84 valence electrons. The first-order chi connectivity index (χ1) is 6.48. The molecule has 4 nitrogen and oxygen atoms in total. The number of methoxy groups -OCH3 is 1. The van der Waals surface area contributed by atoms with Gasteiger partial charge in [-0.1, -0.05) is 12.1 Å². The van der Waals surface area contributed by atoms with Crippen LogP contribution < -0.4 is 5.73 Å². The highest BCUT2D eigenvalue weighted by molar-refractivity contribution is 5.85. The van der Waals surface area contributed by atoms with Gasteiger partial charge >= 0.3 is 5.97 Å². The summed E-state index contributed by atoms with van der Waals surface area (Å²) in [4.78, 5) is 11.3. The standard InChI is InChI=1S/C10H13NO3.ClH/c1-10(11,9(13)14-2)7-3-5-8(12)6-4-7;/h3-6,12H,11H2,1-2H3;1H/t10-;/m1./s1. The molecule has 0 amide bonds. The predicted molar refractivity (Wildman–Crippen MR) is 58.9 cm³/mol. The number of hydrogen-bond acceptors (Lipinski definition) is 4. The van der Waals surface area contributed by atoms with Crippen molar-refractivity contribution in [2.24, 2.45) is 5.73 Å². The minimum Gasteiger partial charge on any atom is -0.508 e. The Balaban J connectivity index is 0.00000196. The normalized spacial score (nSPS) is 13.5. The summed E-state index contributed by atoms with van der Waals surface area (Å²) in [5.74, 6) is -0.377. The van der Waals surface area contributed by atoms with Gasteiger partial charge in [0.15, 0.2) is 0 Å². The van der Waals surface area contributed by atoms with Gasteiger partial charge in [0.25, 0.3) is 0 Å². The van der Waals surface area contributed by atoms with E-state index >= 15 is 0 Å². The SMILES string of the molecule is COC(=O)[C@](C)(N)c1ccc(O)cc1.Cl. The summed E-state index contributed by atoms with van der Waals surface area (Å²) in [5, 5.41) is 9.06. The molecule has 0 fully saturated rings. The second-order valence-electron chi connectivity index (χ2n) is 3.24. The Bertz CT molecular complexity index is 335. The lowest BCUT2D eigenvalue weighted by Crippen LogP contribution is -2.42. The number of phenolic OH excluding ortho intramolecular Hbond substituents is 1. The van der Waals surface area contributed by atoms with E-state index in [9.17, 15) is 4.79 Å². The fourth-order valence-corrected chi connectivity index (χ4v) is 1.14. The zero-order valence-corrected chi connectivity index (χ0v) is 9.38. The second kappa shape index (κ2) is 5.00. The largest absolute Gasteiger partial charge is 0.508 e. The van der Waals surface area contributed by atoms with Crippen molar-refractivity contribution in [3.8, 4) is 5.75 Å². The van der Waals surface area contributed by atoms with E-state index in [-0.39, 0.29) is 18.2 Å². The molecule has 0 aliphatic carbocycles. The van der Waals surface area contributed by atoms with Crippen molar-refractivity contribution in [1.29, 1.82) is 0 Å². The third-order valence-corrected chi connectivity index (χ3v) is 2.08. The summed E-state index contributed by atoms with van der Waals surface area (Å²) in [5.41, 5.74) is 5.21. The summed E-state index contributed by atoms with van der Waals surface area (Å²) >= 11 is 0. The van der Waals surface area contributed by atoms with Crippen LogP contribution in [0.5, 0.6) is 5.75 Å². The van der Waals surface area contributed by atoms with Crippen LogP contribution in [0.25, 0.3) is 0 Å². The van der Waals surface area contributed by atoms with Crippen LogP contribution in [0.3, 0.4) is 0 Å². The fraction of sp³-hybridized carbons (Fsp3) is 0.300. The van der Waals surface area contributed by atoms with Crippen LogP contribution in [0.2, 0.25) is 0 Å². The summed E-state index contributed by atoms with van der Waals surface area (Å²) in [7, 11) is 1.29. The van der Waals surface area contributed by atoms with Crippen molar-refractivity contribution < 1.29 is 14.6 Å². The highest BCUT2D eigenvalue weighted by Gasteiger charge is 2.31. The van der Waals surface area contributed by atoms with Crippen LogP contribution in [0, 0.1) is 0 Å². The first-order valence-electron chi connectivity index (χ1n) is 4.15. The number of esters is 1. The van der Waals surface area contributed by atoms with E-state index in [0.717, 1.165) is 0 Å². The highest BCUT2D eigenvalue weighted by atomic mass is 35.5. The van der Waals surface area contributed by atoms with E-state index in [4.69, 9.17) is 10.8 Å². The van der Waals surface area contributed by atoms with Crippen molar-refractivity contribution in [2.75, 3.05) is 7.11 Å². The van der Waals surface area contributed by atoms with E-state index in [1.165, 1.54) is 19.2 Å². The minimum absolute atomic E-state index is 0. The Morgan fingerprint density at radius 2 is 1.87 bits per heavy atom. The molecule has 0 aliphatic rings. The fourth-order valence-electron chi connectivity index (χ4n) is 1.14. The molecule has 1 atom stereocenters. The Labute approximate surface area is 94.5 Å². The van der Waals surface area contributed by atoms with Crippen molar-refractivity contribution in [3.05, 3.63) is 29.8 Å². The van der Waals surface area contributed by atoms with E-state index < -0.39 is 11.5 Å². The zero-order chi connectivity index (χ0) is 10.8. The molecule has 0 saturated heterocycles. The molecular formula is C10H14ClNO3. The molecule has 3 N–H and O–H groups in total. The first kappa shape index (κ1) is 13.7. The predicted octanol–water partition coefficient (Wildman–Crippen LogP) is 1.16. The van der Waals surface area contributed by atoms with Gasteiger partial charge in [-0.3, -0.25) is 0 Å². The number of carbonyl (C=O) groups is 1. The van der Waals surface area contributed by atoms with Crippen molar-refractivity contribution >= 4 is 18.4 Å².